The molecule has 3 rings (SSSR count). The van der Waals surface area contributed by atoms with Gasteiger partial charge in [0.1, 0.15) is 6.54 Å². The molecule has 3 amide bonds. The summed E-state index contributed by atoms with van der Waals surface area (Å²) < 4.78 is 0. The number of halogens is 1. The van der Waals surface area contributed by atoms with Gasteiger partial charge in [-0.15, -0.1) is 11.3 Å². The normalized spacial score (nSPS) is 15.0. The topological polar surface area (TPSA) is 65.5 Å². The van der Waals surface area contributed by atoms with E-state index in [1.165, 1.54) is 16.2 Å². The molecule has 1 aliphatic heterocycles. The molecule has 0 radical (unpaired) electrons. The molecule has 1 saturated heterocycles. The number of amides is 3. The van der Waals surface area contributed by atoms with Gasteiger partial charge >= 0.3 is 6.03 Å². The van der Waals surface area contributed by atoms with Crippen molar-refractivity contribution >= 4 is 45.7 Å². The summed E-state index contributed by atoms with van der Waals surface area (Å²) >= 11 is 7.42. The Kier molecular flexibility index (Phi) is 4.26. The number of benzene rings is 1. The molecular formula is C14H13ClN4O2S. The molecule has 2 aromatic rings. The molecule has 1 aromatic heterocycles. The van der Waals surface area contributed by atoms with Crippen molar-refractivity contribution in [2.24, 2.45) is 0 Å². The molecule has 1 fully saturated rings. The van der Waals surface area contributed by atoms with Gasteiger partial charge in [0.25, 0.3) is 0 Å². The van der Waals surface area contributed by atoms with Crippen LogP contribution in [0.2, 0.25) is 5.02 Å². The number of thiazole rings is 1. The number of nitrogens with zero attached hydrogens (tertiary/aromatic N) is 3. The number of hydrogen-bond acceptors (Lipinski definition) is 4. The van der Waals surface area contributed by atoms with Gasteiger partial charge in [0.2, 0.25) is 5.91 Å². The van der Waals surface area contributed by atoms with E-state index in [1.807, 2.05) is 5.38 Å². The second kappa shape index (κ2) is 6.33. The van der Waals surface area contributed by atoms with E-state index in [2.05, 4.69) is 10.3 Å². The van der Waals surface area contributed by atoms with Gasteiger partial charge in [0, 0.05) is 24.7 Å². The van der Waals surface area contributed by atoms with Crippen LogP contribution in [0.5, 0.6) is 0 Å². The molecule has 0 aliphatic carbocycles. The molecule has 2 heterocycles. The number of nitrogens with one attached hydrogen (secondary N) is 1. The van der Waals surface area contributed by atoms with Gasteiger partial charge in [-0.25, -0.2) is 9.78 Å². The summed E-state index contributed by atoms with van der Waals surface area (Å²) in [7, 11) is 0. The number of carbonyl (C=O) groups excluding carboxylic acids is 2. The number of anilines is 2. The van der Waals surface area contributed by atoms with E-state index in [9.17, 15) is 9.59 Å². The molecule has 22 heavy (non-hydrogen) atoms. The second-order valence-corrected chi connectivity index (χ2v) is 5.97. The summed E-state index contributed by atoms with van der Waals surface area (Å²) in [6.07, 6.45) is 1.66. The fourth-order valence-corrected chi connectivity index (χ4v) is 3.02. The molecule has 1 aliphatic rings. The summed E-state index contributed by atoms with van der Waals surface area (Å²) in [4.78, 5) is 31.6. The number of urea groups is 1. The van der Waals surface area contributed by atoms with Crippen LogP contribution in [0.1, 0.15) is 0 Å². The minimum Gasteiger partial charge on any atom is -0.313 e. The Morgan fingerprint density at radius 1 is 1.32 bits per heavy atom. The molecule has 0 saturated carbocycles. The smallest absolute Gasteiger partial charge is 0.313 e. The number of para-hydroxylation sites is 1. The second-order valence-electron chi connectivity index (χ2n) is 4.69. The highest BCUT2D eigenvalue weighted by molar-refractivity contribution is 7.13. The fraction of sp³-hybridized carbons (Fsp3) is 0.214. The number of piperazine rings is 1. The van der Waals surface area contributed by atoms with E-state index >= 15 is 0 Å². The van der Waals surface area contributed by atoms with Gasteiger partial charge in [-0.1, -0.05) is 23.7 Å². The van der Waals surface area contributed by atoms with Crippen LogP contribution in [0, 0.1) is 0 Å². The molecule has 0 unspecified atom stereocenters. The molecular weight excluding hydrogens is 324 g/mol. The quantitative estimate of drug-likeness (QED) is 0.917. The Morgan fingerprint density at radius 2 is 2.14 bits per heavy atom. The highest BCUT2D eigenvalue weighted by atomic mass is 35.5. The lowest BCUT2D eigenvalue weighted by molar-refractivity contribution is -0.120. The lowest BCUT2D eigenvalue weighted by Crippen LogP contribution is -2.53. The molecule has 114 valence electrons. The molecule has 1 N–H and O–H groups in total. The van der Waals surface area contributed by atoms with E-state index in [0.717, 1.165) is 0 Å². The monoisotopic (exact) mass is 336 g/mol. The van der Waals surface area contributed by atoms with Crippen LogP contribution < -0.4 is 10.2 Å². The maximum absolute atomic E-state index is 12.2. The first kappa shape index (κ1) is 14.8. The van der Waals surface area contributed by atoms with Crippen LogP contribution in [0.25, 0.3) is 0 Å². The van der Waals surface area contributed by atoms with Crippen molar-refractivity contribution in [2.45, 2.75) is 0 Å². The number of hydrogen-bond donors (Lipinski definition) is 1. The number of carbonyl (C=O) groups is 2. The molecule has 0 bridgehead atoms. The first-order valence-electron chi connectivity index (χ1n) is 6.65. The summed E-state index contributed by atoms with van der Waals surface area (Å²) in [6.45, 7) is 0.903. The Labute approximate surface area is 136 Å². The summed E-state index contributed by atoms with van der Waals surface area (Å²) in [5.74, 6) is -0.143. The van der Waals surface area contributed by atoms with Crippen molar-refractivity contribution in [1.82, 2.24) is 9.88 Å². The predicted molar refractivity (Wildman–Crippen MR) is 86.5 cm³/mol. The highest BCUT2D eigenvalue weighted by Crippen LogP contribution is 2.22. The minimum atomic E-state index is -0.333. The van der Waals surface area contributed by atoms with E-state index in [-0.39, 0.29) is 18.5 Å². The molecule has 8 heteroatoms. The van der Waals surface area contributed by atoms with Gasteiger partial charge < -0.3 is 10.2 Å². The van der Waals surface area contributed by atoms with Crippen molar-refractivity contribution in [3.05, 3.63) is 40.9 Å². The average Bonchev–Trinajstić information content (AvgIpc) is 3.03. The summed E-state index contributed by atoms with van der Waals surface area (Å²) in [6, 6.07) is 6.65. The summed E-state index contributed by atoms with van der Waals surface area (Å²) in [5, 5.41) is 5.66. The van der Waals surface area contributed by atoms with Gasteiger partial charge in [0.05, 0.1) is 10.7 Å². The maximum atomic E-state index is 12.2. The lowest BCUT2D eigenvalue weighted by atomic mass is 10.3. The van der Waals surface area contributed by atoms with Crippen LogP contribution in [0.3, 0.4) is 0 Å². The zero-order valence-electron chi connectivity index (χ0n) is 11.5. The summed E-state index contributed by atoms with van der Waals surface area (Å²) in [5.41, 5.74) is 0.531. The maximum Gasteiger partial charge on any atom is 0.322 e. The van der Waals surface area contributed by atoms with E-state index in [1.54, 1.807) is 35.4 Å². The Morgan fingerprint density at radius 3 is 2.82 bits per heavy atom. The van der Waals surface area contributed by atoms with Crippen molar-refractivity contribution in [3.63, 3.8) is 0 Å². The van der Waals surface area contributed by atoms with Crippen molar-refractivity contribution in [2.75, 3.05) is 29.9 Å². The molecule has 1 aromatic carbocycles. The van der Waals surface area contributed by atoms with Gasteiger partial charge in [0.15, 0.2) is 5.13 Å². The van der Waals surface area contributed by atoms with Gasteiger partial charge in [-0.2, -0.15) is 0 Å². The van der Waals surface area contributed by atoms with Crippen molar-refractivity contribution in [1.29, 1.82) is 0 Å². The van der Waals surface area contributed by atoms with Crippen LogP contribution >= 0.6 is 22.9 Å². The molecule has 0 spiro atoms. The van der Waals surface area contributed by atoms with E-state index in [4.69, 9.17) is 11.6 Å². The van der Waals surface area contributed by atoms with E-state index < -0.39 is 0 Å². The first-order valence-corrected chi connectivity index (χ1v) is 7.91. The minimum absolute atomic E-state index is 0.0237. The fourth-order valence-electron chi connectivity index (χ4n) is 2.15. The van der Waals surface area contributed by atoms with Gasteiger partial charge in [-0.3, -0.25) is 9.69 Å². The van der Waals surface area contributed by atoms with Crippen LogP contribution in [-0.2, 0) is 4.79 Å². The van der Waals surface area contributed by atoms with Crippen molar-refractivity contribution < 1.29 is 9.59 Å². The predicted octanol–water partition coefficient (Wildman–Crippen LogP) is 2.68. The Balaban J connectivity index is 1.64. The van der Waals surface area contributed by atoms with Crippen LogP contribution in [0.15, 0.2) is 35.8 Å². The third kappa shape index (κ3) is 3.05. The van der Waals surface area contributed by atoms with Crippen molar-refractivity contribution in [3.8, 4) is 0 Å². The third-order valence-electron chi connectivity index (χ3n) is 3.27. The molecule has 0 atom stereocenters. The van der Waals surface area contributed by atoms with Crippen LogP contribution in [-0.4, -0.2) is 41.5 Å². The van der Waals surface area contributed by atoms with E-state index in [0.29, 0.717) is 28.9 Å². The number of aromatic nitrogens is 1. The SMILES string of the molecule is O=C(Nc1ccccc1Cl)N1CCN(c2nccs2)C(=O)C1. The standard InChI is InChI=1S/C14H13ClN4O2S/c15-10-3-1-2-4-11(10)17-13(21)18-6-7-19(12(20)9-18)14-16-5-8-22-14/h1-5,8H,6-7,9H2,(H,17,21). The average molecular weight is 337 g/mol. The highest BCUT2D eigenvalue weighted by Gasteiger charge is 2.29. The van der Waals surface area contributed by atoms with Gasteiger partial charge in [-0.05, 0) is 12.1 Å². The zero-order valence-corrected chi connectivity index (χ0v) is 13.1. The lowest BCUT2D eigenvalue weighted by Gasteiger charge is -2.32. The number of rotatable bonds is 2. The Hall–Kier alpha value is -2.12. The van der Waals surface area contributed by atoms with Crippen LogP contribution in [0.4, 0.5) is 15.6 Å². The zero-order chi connectivity index (χ0) is 15.5. The largest absolute Gasteiger partial charge is 0.322 e. The third-order valence-corrected chi connectivity index (χ3v) is 4.40. The Bertz CT molecular complexity index is 692. The molecule has 6 nitrogen and oxygen atoms in total. The first-order chi connectivity index (χ1) is 10.6.